The molecule has 15 heavy (non-hydrogen) atoms. The van der Waals surface area contributed by atoms with Crippen molar-refractivity contribution in [2.24, 2.45) is 0 Å². The van der Waals surface area contributed by atoms with Crippen molar-refractivity contribution in [3.8, 4) is 0 Å². The van der Waals surface area contributed by atoms with Crippen LogP contribution in [0.1, 0.15) is 33.1 Å². The minimum Gasteiger partial charge on any atom is -0.287 e. The van der Waals surface area contributed by atoms with Crippen molar-refractivity contribution in [1.29, 1.82) is 0 Å². The average molecular weight is 246 g/mol. The first-order chi connectivity index (χ1) is 6.77. The molecular weight excluding hydrogens is 232 g/mol. The molecule has 0 amide bonds. The standard InChI is InChI=1S/C9H14F4OS/c1-3-7(14)15-6-5-9(12,13)8(10,11)4-2/h3-6H2,1-2H3. The third kappa shape index (κ3) is 4.40. The van der Waals surface area contributed by atoms with Crippen LogP contribution < -0.4 is 0 Å². The summed E-state index contributed by atoms with van der Waals surface area (Å²) in [6.45, 7) is 2.60. The summed E-state index contributed by atoms with van der Waals surface area (Å²) in [5, 5.41) is -0.259. The van der Waals surface area contributed by atoms with Gasteiger partial charge in [-0.15, -0.1) is 0 Å². The van der Waals surface area contributed by atoms with Crippen LogP contribution >= 0.6 is 11.8 Å². The molecule has 0 aromatic rings. The van der Waals surface area contributed by atoms with E-state index in [9.17, 15) is 22.4 Å². The van der Waals surface area contributed by atoms with E-state index in [1.165, 1.54) is 0 Å². The first-order valence-electron chi connectivity index (χ1n) is 4.68. The molecule has 0 atom stereocenters. The second kappa shape index (κ2) is 5.72. The highest BCUT2D eigenvalue weighted by Crippen LogP contribution is 2.39. The maximum atomic E-state index is 12.9. The lowest BCUT2D eigenvalue weighted by Gasteiger charge is -2.25. The second-order valence-corrected chi connectivity index (χ2v) is 4.24. The average Bonchev–Trinajstić information content (AvgIpc) is 2.16. The number of hydrogen-bond acceptors (Lipinski definition) is 2. The van der Waals surface area contributed by atoms with Crippen LogP contribution in [0.25, 0.3) is 0 Å². The summed E-state index contributed by atoms with van der Waals surface area (Å²) in [5.41, 5.74) is 0. The highest BCUT2D eigenvalue weighted by Gasteiger charge is 2.53. The smallest absolute Gasteiger partial charge is 0.287 e. The summed E-state index contributed by atoms with van der Waals surface area (Å²) in [4.78, 5) is 10.7. The molecule has 0 unspecified atom stereocenters. The molecule has 0 saturated carbocycles. The van der Waals surface area contributed by atoms with Gasteiger partial charge in [-0.1, -0.05) is 25.6 Å². The molecule has 90 valence electrons. The van der Waals surface area contributed by atoms with E-state index in [2.05, 4.69) is 0 Å². The van der Waals surface area contributed by atoms with Crippen molar-refractivity contribution in [2.75, 3.05) is 5.75 Å². The van der Waals surface area contributed by atoms with Gasteiger partial charge in [0.15, 0.2) is 5.12 Å². The van der Waals surface area contributed by atoms with Gasteiger partial charge in [0.05, 0.1) is 0 Å². The zero-order chi connectivity index (χ0) is 12.1. The maximum Gasteiger partial charge on any atom is 0.311 e. The Bertz CT molecular complexity index is 218. The number of halogens is 4. The SMILES string of the molecule is CCC(=O)SCCC(F)(F)C(F)(F)CC. The van der Waals surface area contributed by atoms with E-state index in [1.54, 1.807) is 6.92 Å². The van der Waals surface area contributed by atoms with Crippen LogP contribution in [0.4, 0.5) is 17.6 Å². The summed E-state index contributed by atoms with van der Waals surface area (Å²) >= 11 is 0.678. The van der Waals surface area contributed by atoms with Crippen LogP contribution in [0.5, 0.6) is 0 Å². The van der Waals surface area contributed by atoms with Crippen LogP contribution in [-0.4, -0.2) is 22.7 Å². The fourth-order valence-corrected chi connectivity index (χ4v) is 1.63. The van der Waals surface area contributed by atoms with E-state index in [-0.39, 0.29) is 17.3 Å². The van der Waals surface area contributed by atoms with Crippen LogP contribution in [0, 0.1) is 0 Å². The summed E-state index contributed by atoms with van der Waals surface area (Å²) in [7, 11) is 0. The first-order valence-corrected chi connectivity index (χ1v) is 5.66. The van der Waals surface area contributed by atoms with Crippen molar-refractivity contribution in [1.82, 2.24) is 0 Å². The molecule has 0 aliphatic heterocycles. The number of carbonyl (C=O) groups is 1. The second-order valence-electron chi connectivity index (χ2n) is 3.09. The lowest BCUT2D eigenvalue weighted by molar-refractivity contribution is -0.210. The van der Waals surface area contributed by atoms with Gasteiger partial charge in [0.25, 0.3) is 0 Å². The highest BCUT2D eigenvalue weighted by atomic mass is 32.2. The van der Waals surface area contributed by atoms with Gasteiger partial charge in [-0.05, 0) is 0 Å². The molecule has 0 rings (SSSR count). The summed E-state index contributed by atoms with van der Waals surface area (Å²) < 4.78 is 51.1. The van der Waals surface area contributed by atoms with Crippen molar-refractivity contribution in [2.45, 2.75) is 45.0 Å². The fraction of sp³-hybridized carbons (Fsp3) is 0.889. The van der Waals surface area contributed by atoms with Gasteiger partial charge in [0, 0.05) is 25.0 Å². The summed E-state index contributed by atoms with van der Waals surface area (Å²) in [6, 6.07) is 0. The minimum absolute atomic E-state index is 0.223. The van der Waals surface area contributed by atoms with Gasteiger partial charge in [-0.2, -0.15) is 17.6 Å². The molecule has 0 aromatic heterocycles. The van der Waals surface area contributed by atoms with E-state index in [0.717, 1.165) is 6.92 Å². The number of carbonyl (C=O) groups excluding carboxylic acids is 1. The molecule has 0 fully saturated rings. The molecule has 0 radical (unpaired) electrons. The molecule has 0 aromatic carbocycles. The quantitative estimate of drug-likeness (QED) is 0.664. The Kier molecular flexibility index (Phi) is 5.62. The Labute approximate surface area is 90.6 Å². The minimum atomic E-state index is -4.03. The lowest BCUT2D eigenvalue weighted by atomic mass is 10.1. The molecule has 6 heteroatoms. The molecule has 0 saturated heterocycles. The summed E-state index contributed by atoms with van der Waals surface area (Å²) in [6.07, 6.45) is -1.64. The topological polar surface area (TPSA) is 17.1 Å². The Morgan fingerprint density at radius 3 is 2.07 bits per heavy atom. The van der Waals surface area contributed by atoms with Gasteiger partial charge < -0.3 is 0 Å². The van der Waals surface area contributed by atoms with E-state index >= 15 is 0 Å². The van der Waals surface area contributed by atoms with Gasteiger partial charge in [0.1, 0.15) is 0 Å². The lowest BCUT2D eigenvalue weighted by Crippen LogP contribution is -2.40. The van der Waals surface area contributed by atoms with Gasteiger partial charge in [0.2, 0.25) is 0 Å². The Hall–Kier alpha value is -0.260. The highest BCUT2D eigenvalue weighted by molar-refractivity contribution is 8.13. The molecule has 0 bridgehead atoms. The van der Waals surface area contributed by atoms with Crippen LogP contribution in [0.2, 0.25) is 0 Å². The summed E-state index contributed by atoms with van der Waals surface area (Å²) in [5.74, 6) is -8.28. The molecule has 0 spiro atoms. The predicted molar refractivity (Wildman–Crippen MR) is 52.6 cm³/mol. The van der Waals surface area contributed by atoms with Crippen molar-refractivity contribution >= 4 is 16.9 Å². The number of rotatable bonds is 6. The third-order valence-corrected chi connectivity index (χ3v) is 2.97. The van der Waals surface area contributed by atoms with Crippen molar-refractivity contribution in [3.63, 3.8) is 0 Å². The van der Waals surface area contributed by atoms with E-state index in [4.69, 9.17) is 0 Å². The molecule has 0 aliphatic rings. The molecular formula is C9H14F4OS. The van der Waals surface area contributed by atoms with Gasteiger partial charge >= 0.3 is 11.8 Å². The Morgan fingerprint density at radius 2 is 1.67 bits per heavy atom. The Balaban J connectivity index is 4.10. The number of thioether (sulfide) groups is 1. The monoisotopic (exact) mass is 246 g/mol. The molecule has 0 aliphatic carbocycles. The van der Waals surface area contributed by atoms with E-state index < -0.39 is 24.7 Å². The molecule has 0 heterocycles. The first kappa shape index (κ1) is 14.7. The van der Waals surface area contributed by atoms with E-state index in [0.29, 0.717) is 11.8 Å². The van der Waals surface area contributed by atoms with Crippen LogP contribution in [-0.2, 0) is 4.79 Å². The van der Waals surface area contributed by atoms with E-state index in [1.807, 2.05) is 0 Å². The van der Waals surface area contributed by atoms with Crippen molar-refractivity contribution < 1.29 is 22.4 Å². The van der Waals surface area contributed by atoms with Gasteiger partial charge in [-0.25, -0.2) is 0 Å². The molecule has 1 nitrogen and oxygen atoms in total. The number of hydrogen-bond donors (Lipinski definition) is 0. The zero-order valence-corrected chi connectivity index (χ0v) is 9.47. The zero-order valence-electron chi connectivity index (χ0n) is 8.66. The van der Waals surface area contributed by atoms with Crippen molar-refractivity contribution in [3.05, 3.63) is 0 Å². The van der Waals surface area contributed by atoms with Crippen LogP contribution in [0.3, 0.4) is 0 Å². The maximum absolute atomic E-state index is 12.9. The van der Waals surface area contributed by atoms with Gasteiger partial charge in [-0.3, -0.25) is 4.79 Å². The fourth-order valence-electron chi connectivity index (χ4n) is 0.837. The number of alkyl halides is 4. The predicted octanol–water partition coefficient (Wildman–Crippen LogP) is 3.73. The molecule has 0 N–H and O–H groups in total. The van der Waals surface area contributed by atoms with Crippen LogP contribution in [0.15, 0.2) is 0 Å². The normalized spacial score (nSPS) is 12.9. The Morgan fingerprint density at radius 1 is 1.13 bits per heavy atom. The largest absolute Gasteiger partial charge is 0.311 e. The third-order valence-electron chi connectivity index (χ3n) is 1.95.